The summed E-state index contributed by atoms with van der Waals surface area (Å²) < 4.78 is 5.98. The lowest BCUT2D eigenvalue weighted by Crippen LogP contribution is -2.12. The van der Waals surface area contributed by atoms with Crippen molar-refractivity contribution in [2.75, 3.05) is 4.90 Å². The monoisotopic (exact) mass is 441 g/mol. The van der Waals surface area contributed by atoms with Crippen molar-refractivity contribution in [2.45, 2.75) is 27.7 Å². The van der Waals surface area contributed by atoms with E-state index in [9.17, 15) is 15.3 Å². The molecule has 168 valence electrons. The number of hydrogen-bond donors (Lipinski definition) is 3. The summed E-state index contributed by atoms with van der Waals surface area (Å²) in [4.78, 5) is 1.99. The SMILES string of the molecule is Cc1cc(C)c(Oc2ccc(N(c3cccc(O)c3C)c3cccc(O)c3C)cc2)c(O)c1. The van der Waals surface area contributed by atoms with Gasteiger partial charge in [0.25, 0.3) is 0 Å². The molecule has 0 unspecified atom stereocenters. The van der Waals surface area contributed by atoms with Gasteiger partial charge < -0.3 is 25.0 Å². The average Bonchev–Trinajstić information content (AvgIpc) is 2.77. The van der Waals surface area contributed by atoms with Crippen molar-refractivity contribution in [3.63, 3.8) is 0 Å². The molecule has 3 N–H and O–H groups in total. The van der Waals surface area contributed by atoms with Crippen molar-refractivity contribution in [1.29, 1.82) is 0 Å². The van der Waals surface area contributed by atoms with Gasteiger partial charge in [0.2, 0.25) is 0 Å². The summed E-state index contributed by atoms with van der Waals surface area (Å²) in [5.74, 6) is 1.50. The fraction of sp³-hybridized carbons (Fsp3) is 0.143. The normalized spacial score (nSPS) is 10.8. The Morgan fingerprint density at radius 3 is 1.70 bits per heavy atom. The molecule has 0 amide bonds. The maximum absolute atomic E-state index is 10.3. The van der Waals surface area contributed by atoms with Crippen LogP contribution in [0.15, 0.2) is 72.8 Å². The van der Waals surface area contributed by atoms with E-state index in [0.29, 0.717) is 11.5 Å². The van der Waals surface area contributed by atoms with E-state index in [2.05, 4.69) is 0 Å². The standard InChI is InChI=1S/C28H27NO4/c1-17-15-18(2)28(27(32)16-17)33-22-13-11-21(12-14-22)29(23-7-5-9-25(30)19(23)3)24-8-6-10-26(31)20(24)4/h5-16,30-32H,1-4H3. The highest BCUT2D eigenvalue weighted by Gasteiger charge is 2.19. The predicted octanol–water partition coefficient (Wildman–Crippen LogP) is 7.30. The van der Waals surface area contributed by atoms with Gasteiger partial charge in [-0.15, -0.1) is 0 Å². The van der Waals surface area contributed by atoms with Crippen LogP contribution in [-0.2, 0) is 0 Å². The second kappa shape index (κ2) is 8.79. The van der Waals surface area contributed by atoms with Crippen LogP contribution in [0.4, 0.5) is 17.1 Å². The number of ether oxygens (including phenoxy) is 1. The molecule has 0 heterocycles. The van der Waals surface area contributed by atoms with Crippen molar-refractivity contribution in [3.8, 4) is 28.7 Å². The van der Waals surface area contributed by atoms with Crippen molar-refractivity contribution < 1.29 is 20.1 Å². The van der Waals surface area contributed by atoms with Gasteiger partial charge >= 0.3 is 0 Å². The average molecular weight is 442 g/mol. The topological polar surface area (TPSA) is 73.2 Å². The molecule has 5 nitrogen and oxygen atoms in total. The van der Waals surface area contributed by atoms with Crippen LogP contribution in [-0.4, -0.2) is 15.3 Å². The van der Waals surface area contributed by atoms with Crippen LogP contribution in [0.3, 0.4) is 0 Å². The molecule has 0 fully saturated rings. The lowest BCUT2D eigenvalue weighted by atomic mass is 10.1. The van der Waals surface area contributed by atoms with Gasteiger partial charge in [-0.3, -0.25) is 0 Å². The third-order valence-electron chi connectivity index (χ3n) is 5.75. The first kappa shape index (κ1) is 22.1. The fourth-order valence-electron chi connectivity index (χ4n) is 3.96. The van der Waals surface area contributed by atoms with E-state index in [1.54, 1.807) is 30.3 Å². The molecular weight excluding hydrogens is 414 g/mol. The lowest BCUT2D eigenvalue weighted by Gasteiger charge is -2.29. The summed E-state index contributed by atoms with van der Waals surface area (Å²) in [6.07, 6.45) is 0. The summed E-state index contributed by atoms with van der Waals surface area (Å²) in [6, 6.07) is 21.9. The Labute approximate surface area is 193 Å². The lowest BCUT2D eigenvalue weighted by molar-refractivity contribution is 0.408. The van der Waals surface area contributed by atoms with Crippen LogP contribution in [0.5, 0.6) is 28.7 Å². The zero-order chi connectivity index (χ0) is 23.7. The fourth-order valence-corrected chi connectivity index (χ4v) is 3.96. The molecular formula is C28H27NO4. The number of anilines is 3. The van der Waals surface area contributed by atoms with Crippen LogP contribution in [0, 0.1) is 27.7 Å². The maximum Gasteiger partial charge on any atom is 0.171 e. The summed E-state index contributed by atoms with van der Waals surface area (Å²) in [7, 11) is 0. The smallest absolute Gasteiger partial charge is 0.171 e. The molecule has 0 aliphatic carbocycles. The third-order valence-corrected chi connectivity index (χ3v) is 5.75. The number of hydrogen-bond acceptors (Lipinski definition) is 5. The molecule has 0 bridgehead atoms. The molecule has 4 aromatic rings. The second-order valence-corrected chi connectivity index (χ2v) is 8.20. The summed E-state index contributed by atoms with van der Waals surface area (Å²) in [5, 5.41) is 31.0. The van der Waals surface area contributed by atoms with Gasteiger partial charge in [-0.1, -0.05) is 18.2 Å². The number of aromatic hydroxyl groups is 3. The third kappa shape index (κ3) is 4.30. The maximum atomic E-state index is 10.3. The Kier molecular flexibility index (Phi) is 5.88. The molecule has 0 spiro atoms. The van der Waals surface area contributed by atoms with E-state index >= 15 is 0 Å². The summed E-state index contributed by atoms with van der Waals surface area (Å²) in [6.45, 7) is 7.53. The summed E-state index contributed by atoms with van der Waals surface area (Å²) in [5.41, 5.74) is 5.68. The Bertz CT molecular complexity index is 1240. The minimum absolute atomic E-state index is 0.101. The molecule has 5 heteroatoms. The Morgan fingerprint density at radius 2 is 1.18 bits per heavy atom. The van der Waals surface area contributed by atoms with E-state index in [0.717, 1.165) is 39.3 Å². The van der Waals surface area contributed by atoms with Gasteiger partial charge in [0, 0.05) is 16.8 Å². The molecule has 33 heavy (non-hydrogen) atoms. The van der Waals surface area contributed by atoms with Gasteiger partial charge in [0.05, 0.1) is 11.4 Å². The number of phenolic OH excluding ortho intramolecular Hbond substituents is 3. The number of nitrogens with zero attached hydrogens (tertiary/aromatic N) is 1. The minimum Gasteiger partial charge on any atom is -0.508 e. The first-order valence-electron chi connectivity index (χ1n) is 10.7. The molecule has 0 radical (unpaired) electrons. The first-order chi connectivity index (χ1) is 15.8. The van der Waals surface area contributed by atoms with E-state index in [-0.39, 0.29) is 17.2 Å². The number of phenols is 3. The Balaban J connectivity index is 1.77. The molecule has 4 rings (SSSR count). The van der Waals surface area contributed by atoms with Crippen LogP contribution < -0.4 is 9.64 Å². The largest absolute Gasteiger partial charge is 0.508 e. The molecule has 0 aromatic heterocycles. The van der Waals surface area contributed by atoms with Gasteiger partial charge in [-0.2, -0.15) is 0 Å². The van der Waals surface area contributed by atoms with Crippen LogP contribution >= 0.6 is 0 Å². The summed E-state index contributed by atoms with van der Waals surface area (Å²) >= 11 is 0. The Morgan fingerprint density at radius 1 is 0.636 bits per heavy atom. The van der Waals surface area contributed by atoms with Crippen LogP contribution in [0.25, 0.3) is 0 Å². The van der Waals surface area contributed by atoms with Gasteiger partial charge in [0.1, 0.15) is 17.2 Å². The number of aryl methyl sites for hydroxylation is 2. The predicted molar refractivity (Wildman–Crippen MR) is 132 cm³/mol. The molecule has 0 aliphatic rings. The zero-order valence-electron chi connectivity index (χ0n) is 19.1. The van der Waals surface area contributed by atoms with Gasteiger partial charge in [-0.25, -0.2) is 0 Å². The minimum atomic E-state index is 0.101. The highest BCUT2D eigenvalue weighted by molar-refractivity contribution is 5.82. The van der Waals surface area contributed by atoms with E-state index in [1.807, 2.05) is 75.1 Å². The zero-order valence-corrected chi connectivity index (χ0v) is 19.1. The molecule has 4 aromatic carbocycles. The van der Waals surface area contributed by atoms with Gasteiger partial charge in [0.15, 0.2) is 11.5 Å². The van der Waals surface area contributed by atoms with Crippen molar-refractivity contribution in [3.05, 3.63) is 95.1 Å². The molecule has 0 saturated heterocycles. The van der Waals surface area contributed by atoms with Crippen molar-refractivity contribution in [1.82, 2.24) is 0 Å². The second-order valence-electron chi connectivity index (χ2n) is 8.20. The molecule has 0 aliphatic heterocycles. The van der Waals surface area contributed by atoms with Crippen LogP contribution in [0.1, 0.15) is 22.3 Å². The first-order valence-corrected chi connectivity index (χ1v) is 10.7. The van der Waals surface area contributed by atoms with Crippen molar-refractivity contribution in [2.24, 2.45) is 0 Å². The van der Waals surface area contributed by atoms with E-state index in [1.165, 1.54) is 0 Å². The van der Waals surface area contributed by atoms with E-state index in [4.69, 9.17) is 4.74 Å². The number of rotatable bonds is 5. The molecule has 0 atom stereocenters. The van der Waals surface area contributed by atoms with Crippen LogP contribution in [0.2, 0.25) is 0 Å². The van der Waals surface area contributed by atoms with Crippen molar-refractivity contribution >= 4 is 17.1 Å². The van der Waals surface area contributed by atoms with E-state index < -0.39 is 0 Å². The molecule has 0 saturated carbocycles. The van der Waals surface area contributed by atoms with Gasteiger partial charge in [-0.05, 0) is 93.4 Å². The highest BCUT2D eigenvalue weighted by atomic mass is 16.5. The Hall–Kier alpha value is -4.12. The number of benzene rings is 4. The quantitative estimate of drug-likeness (QED) is 0.303. The highest BCUT2D eigenvalue weighted by Crippen LogP contribution is 2.43.